The van der Waals surface area contributed by atoms with Crippen molar-refractivity contribution in [3.63, 3.8) is 0 Å². The lowest BCUT2D eigenvalue weighted by Crippen LogP contribution is -2.55. The van der Waals surface area contributed by atoms with Crippen molar-refractivity contribution >= 4 is 63.3 Å². The van der Waals surface area contributed by atoms with Crippen LogP contribution in [0.15, 0.2) is 48.8 Å². The van der Waals surface area contributed by atoms with Gasteiger partial charge in [0, 0.05) is 61.8 Å². The Hall–Kier alpha value is -5.45. The highest BCUT2D eigenvalue weighted by Gasteiger charge is 2.47. The molecule has 5 aliphatic rings. The predicted molar refractivity (Wildman–Crippen MR) is 219 cm³/mol. The number of nitrogens with zero attached hydrogens (tertiary/aromatic N) is 6. The van der Waals surface area contributed by atoms with E-state index in [0.29, 0.717) is 46.7 Å². The Bertz CT molecular complexity index is 2370. The maximum atomic E-state index is 15.8. The van der Waals surface area contributed by atoms with Gasteiger partial charge in [0.1, 0.15) is 29.8 Å². The van der Waals surface area contributed by atoms with E-state index in [9.17, 15) is 23.6 Å². The number of benzene rings is 3. The molecule has 4 amide bonds. The number of aromatic nitrogens is 2. The smallest absolute Gasteiger partial charge is 0.262 e. The van der Waals surface area contributed by atoms with Gasteiger partial charge in [0.25, 0.3) is 11.8 Å². The zero-order valence-corrected chi connectivity index (χ0v) is 33.9. The SMILES string of the molecule is COc1cc2ncnc(Nc3ccc(F)c(Cl)c3)c2cc1OCCCN1CCC(CN2CC3CCC(C2)N3c2cc3c(cc2F)C(=O)N(C2CCC(=O)NC2=O)C3=O)CC1. The number of methoxy groups -OCH3 is 1. The van der Waals surface area contributed by atoms with Gasteiger partial charge >= 0.3 is 0 Å². The van der Waals surface area contributed by atoms with Crippen molar-refractivity contribution < 1.29 is 37.4 Å². The van der Waals surface area contributed by atoms with Gasteiger partial charge in [-0.15, -0.1) is 0 Å². The lowest BCUT2D eigenvalue weighted by molar-refractivity contribution is -0.136. The van der Waals surface area contributed by atoms with E-state index in [1.807, 2.05) is 12.1 Å². The van der Waals surface area contributed by atoms with Gasteiger partial charge in [-0.2, -0.15) is 0 Å². The zero-order chi connectivity index (χ0) is 41.7. The number of amides is 4. The second-order valence-corrected chi connectivity index (χ2v) is 16.7. The molecule has 4 fully saturated rings. The standard InChI is InChI=1S/C43H45ClF2N8O6/c1-59-37-19-34-30(40(48-23-47-34)49-25-3-6-32(45)31(44)15-25)18-38(37)60-14-2-11-51-12-9-24(10-13-51)20-52-21-26-4-5-27(22-52)53(26)36-17-29-28(16-33(36)46)42(57)54(43(29)58)35-7-8-39(55)50-41(35)56/h3,6,15-19,23-24,26-27,35H,2,4-5,7-14,20-22H2,1H3,(H,47,48,49)(H,50,55,56). The maximum absolute atomic E-state index is 15.8. The first-order valence-electron chi connectivity index (χ1n) is 20.5. The Labute approximate surface area is 350 Å². The van der Waals surface area contributed by atoms with Crippen molar-refractivity contribution in [2.45, 2.75) is 63.1 Å². The van der Waals surface area contributed by atoms with Crippen molar-refractivity contribution in [2.75, 3.05) is 63.2 Å². The number of anilines is 3. The van der Waals surface area contributed by atoms with Crippen LogP contribution in [0.1, 0.15) is 65.7 Å². The van der Waals surface area contributed by atoms with Crippen LogP contribution in [0.25, 0.3) is 10.9 Å². The normalized spacial score (nSPS) is 22.4. The van der Waals surface area contributed by atoms with E-state index in [4.69, 9.17) is 21.1 Å². The number of nitrogens with one attached hydrogen (secondary N) is 2. The molecular formula is C43H45ClF2N8O6. The molecule has 0 radical (unpaired) electrons. The number of ether oxygens (including phenoxy) is 2. The molecule has 0 spiro atoms. The minimum Gasteiger partial charge on any atom is -0.493 e. The van der Waals surface area contributed by atoms with Crippen molar-refractivity contribution in [1.82, 2.24) is 30.0 Å². The van der Waals surface area contributed by atoms with Crippen LogP contribution < -0.4 is 25.0 Å². The van der Waals surface area contributed by atoms with Crippen molar-refractivity contribution in [2.24, 2.45) is 5.92 Å². The molecule has 4 aromatic rings. The zero-order valence-electron chi connectivity index (χ0n) is 33.1. The topological polar surface area (TPSA) is 150 Å². The third-order valence-corrected chi connectivity index (χ3v) is 12.8. The number of carbonyl (C=O) groups is 4. The summed E-state index contributed by atoms with van der Waals surface area (Å²) in [6.45, 7) is 5.96. The first-order chi connectivity index (χ1) is 29.0. The van der Waals surface area contributed by atoms with Crippen LogP contribution in [0.5, 0.6) is 11.5 Å². The van der Waals surface area contributed by atoms with E-state index in [1.54, 1.807) is 13.2 Å². The maximum Gasteiger partial charge on any atom is 0.262 e. The molecule has 3 atom stereocenters. The van der Waals surface area contributed by atoms with E-state index in [-0.39, 0.29) is 41.1 Å². The summed E-state index contributed by atoms with van der Waals surface area (Å²) in [6, 6.07) is 9.74. The lowest BCUT2D eigenvalue weighted by atomic mass is 9.95. The number of likely N-dealkylation sites (tertiary alicyclic amines) is 2. The number of rotatable bonds is 12. The van der Waals surface area contributed by atoms with Gasteiger partial charge in [-0.05, 0) is 93.9 Å². The lowest BCUT2D eigenvalue weighted by Gasteiger charge is -2.44. The fraction of sp³-hybridized carbons (Fsp3) is 0.442. The molecule has 6 heterocycles. The quantitative estimate of drug-likeness (QED) is 0.136. The second-order valence-electron chi connectivity index (χ2n) is 16.3. The van der Waals surface area contributed by atoms with E-state index in [1.165, 1.54) is 24.5 Å². The molecule has 5 aliphatic heterocycles. The minimum atomic E-state index is -1.10. The Balaban J connectivity index is 0.757. The first-order valence-corrected chi connectivity index (χ1v) is 20.9. The number of piperazine rings is 1. The van der Waals surface area contributed by atoms with Crippen LogP contribution in [-0.4, -0.2) is 119 Å². The highest BCUT2D eigenvalue weighted by Crippen LogP contribution is 2.40. The number of hydrogen-bond donors (Lipinski definition) is 2. The van der Waals surface area contributed by atoms with Gasteiger partial charge in [-0.3, -0.25) is 34.3 Å². The molecule has 14 nitrogen and oxygen atoms in total. The Kier molecular flexibility index (Phi) is 11.0. The van der Waals surface area contributed by atoms with E-state index < -0.39 is 41.3 Å². The number of piperidine rings is 2. The first kappa shape index (κ1) is 40.0. The van der Waals surface area contributed by atoms with Gasteiger partial charge in [-0.25, -0.2) is 18.7 Å². The number of imide groups is 2. The van der Waals surface area contributed by atoms with Crippen LogP contribution in [0.2, 0.25) is 5.02 Å². The van der Waals surface area contributed by atoms with Gasteiger partial charge in [-0.1, -0.05) is 11.6 Å². The summed E-state index contributed by atoms with van der Waals surface area (Å²) in [6.07, 6.45) is 6.34. The molecular weight excluding hydrogens is 798 g/mol. The molecule has 0 saturated carbocycles. The third kappa shape index (κ3) is 7.71. The monoisotopic (exact) mass is 842 g/mol. The molecule has 60 heavy (non-hydrogen) atoms. The molecule has 2 N–H and O–H groups in total. The van der Waals surface area contributed by atoms with Crippen LogP contribution in [0.3, 0.4) is 0 Å². The third-order valence-electron chi connectivity index (χ3n) is 12.5. The largest absolute Gasteiger partial charge is 0.493 e. The molecule has 3 aromatic carbocycles. The van der Waals surface area contributed by atoms with Crippen molar-refractivity contribution in [3.05, 3.63) is 76.6 Å². The van der Waals surface area contributed by atoms with Crippen LogP contribution >= 0.6 is 11.6 Å². The van der Waals surface area contributed by atoms with Gasteiger partial charge in [0.2, 0.25) is 11.8 Å². The van der Waals surface area contributed by atoms with Crippen LogP contribution in [-0.2, 0) is 9.59 Å². The average Bonchev–Trinajstić information content (AvgIpc) is 3.63. The molecule has 2 bridgehead atoms. The van der Waals surface area contributed by atoms with Gasteiger partial charge in [0.15, 0.2) is 11.5 Å². The summed E-state index contributed by atoms with van der Waals surface area (Å²) in [4.78, 5) is 67.7. The Morgan fingerprint density at radius 1 is 0.867 bits per heavy atom. The molecule has 0 aliphatic carbocycles. The number of halogens is 3. The fourth-order valence-corrected chi connectivity index (χ4v) is 9.76. The van der Waals surface area contributed by atoms with Crippen molar-refractivity contribution in [1.29, 1.82) is 0 Å². The molecule has 3 unspecified atom stereocenters. The number of fused-ring (bicyclic) bond motifs is 4. The summed E-state index contributed by atoms with van der Waals surface area (Å²) in [5.41, 5.74) is 1.63. The van der Waals surface area contributed by atoms with E-state index in [2.05, 4.69) is 35.3 Å². The number of carbonyl (C=O) groups excluding carboxylic acids is 4. The van der Waals surface area contributed by atoms with Crippen LogP contribution in [0, 0.1) is 17.6 Å². The predicted octanol–water partition coefficient (Wildman–Crippen LogP) is 5.55. The van der Waals surface area contributed by atoms with Gasteiger partial charge < -0.3 is 24.6 Å². The van der Waals surface area contributed by atoms with Gasteiger partial charge in [0.05, 0.1) is 41.1 Å². The summed E-state index contributed by atoms with van der Waals surface area (Å²) >= 11 is 5.99. The summed E-state index contributed by atoms with van der Waals surface area (Å²) in [7, 11) is 1.59. The Morgan fingerprint density at radius 3 is 2.33 bits per heavy atom. The molecule has 1 aromatic heterocycles. The highest BCUT2D eigenvalue weighted by molar-refractivity contribution is 6.31. The average molecular weight is 843 g/mol. The fourth-order valence-electron chi connectivity index (χ4n) is 9.58. The molecule has 9 rings (SSSR count). The summed E-state index contributed by atoms with van der Waals surface area (Å²) in [5.74, 6) is -1.31. The highest BCUT2D eigenvalue weighted by atomic mass is 35.5. The number of hydrogen-bond acceptors (Lipinski definition) is 12. The summed E-state index contributed by atoms with van der Waals surface area (Å²) in [5, 5.41) is 6.12. The van der Waals surface area contributed by atoms with Crippen LogP contribution in [0.4, 0.5) is 26.0 Å². The Morgan fingerprint density at radius 2 is 1.62 bits per heavy atom. The molecule has 314 valence electrons. The summed E-state index contributed by atoms with van der Waals surface area (Å²) < 4.78 is 41.4. The second kappa shape index (κ2) is 16.5. The van der Waals surface area contributed by atoms with E-state index >= 15 is 4.39 Å². The minimum absolute atomic E-state index is 0.00709. The molecule has 17 heteroatoms. The molecule has 4 saturated heterocycles. The van der Waals surface area contributed by atoms with E-state index in [0.717, 1.165) is 87.7 Å². The van der Waals surface area contributed by atoms with Crippen molar-refractivity contribution in [3.8, 4) is 11.5 Å².